The highest BCUT2D eigenvalue weighted by Crippen LogP contribution is 2.42. The summed E-state index contributed by atoms with van der Waals surface area (Å²) in [6.07, 6.45) is 6.34. The molecule has 1 aromatic carbocycles. The number of carbonyl (C=O) groups excluding carboxylic acids is 1. The number of nitrogens with one attached hydrogen (secondary N) is 3. The van der Waals surface area contributed by atoms with Gasteiger partial charge in [-0.3, -0.25) is 9.78 Å². The number of hydrogen-bond donors (Lipinski definition) is 4. The first-order valence-electron chi connectivity index (χ1n) is 11.1. The van der Waals surface area contributed by atoms with Gasteiger partial charge in [-0.1, -0.05) is 17.7 Å². The van der Waals surface area contributed by atoms with Crippen molar-refractivity contribution in [3.8, 4) is 22.8 Å². The van der Waals surface area contributed by atoms with Crippen LogP contribution in [0.2, 0.25) is 5.02 Å². The SMILES string of the molecule is CN1CCC[C@H]1COc1cnccc1-c1[nH]c2c(c1Nc1cccc(Cl)c1O)C(=O)NCC2. The summed E-state index contributed by atoms with van der Waals surface area (Å²) in [5.74, 6) is 0.383. The molecule has 33 heavy (non-hydrogen) atoms. The molecule has 1 fully saturated rings. The Morgan fingerprint density at radius 3 is 3.06 bits per heavy atom. The molecule has 0 aliphatic carbocycles. The molecule has 172 valence electrons. The van der Waals surface area contributed by atoms with Gasteiger partial charge < -0.3 is 30.4 Å². The number of carbonyl (C=O) groups is 1. The number of phenolic OH excluding ortho intramolecular Hbond substituents is 1. The maximum absolute atomic E-state index is 12.8. The Kier molecular flexibility index (Phi) is 5.86. The lowest BCUT2D eigenvalue weighted by Gasteiger charge is -2.21. The summed E-state index contributed by atoms with van der Waals surface area (Å²) in [4.78, 5) is 22.8. The number of H-pyrrole nitrogens is 1. The van der Waals surface area contributed by atoms with E-state index >= 15 is 0 Å². The molecule has 2 aromatic heterocycles. The van der Waals surface area contributed by atoms with E-state index in [1.807, 2.05) is 6.07 Å². The third-order valence-electron chi connectivity index (χ3n) is 6.37. The van der Waals surface area contributed by atoms with Crippen LogP contribution in [0.1, 0.15) is 28.9 Å². The average Bonchev–Trinajstić information content (AvgIpc) is 3.39. The standard InChI is InChI=1S/C24H26ClN5O3/c1-30-11-3-4-14(30)13-33-19-12-26-9-7-15(19)21-22(20-17(28-21)8-10-27-24(20)32)29-18-6-2-5-16(25)23(18)31/h2,5-7,9,12,14,28-29,31H,3-4,8,10-11,13H2,1H3,(H,27,32)/t14-/m0/s1. The van der Waals surface area contributed by atoms with Crippen LogP contribution in [0.25, 0.3) is 11.3 Å². The summed E-state index contributed by atoms with van der Waals surface area (Å²) in [5.41, 5.74) is 3.82. The van der Waals surface area contributed by atoms with Crippen molar-refractivity contribution >= 4 is 28.9 Å². The summed E-state index contributed by atoms with van der Waals surface area (Å²) < 4.78 is 6.23. The number of halogens is 1. The Hall–Kier alpha value is -3.23. The maximum atomic E-state index is 12.8. The van der Waals surface area contributed by atoms with E-state index in [4.69, 9.17) is 16.3 Å². The minimum Gasteiger partial charge on any atom is -0.504 e. The highest BCUT2D eigenvalue weighted by molar-refractivity contribution is 6.32. The number of fused-ring (bicyclic) bond motifs is 1. The third-order valence-corrected chi connectivity index (χ3v) is 6.67. The monoisotopic (exact) mass is 467 g/mol. The first-order valence-corrected chi connectivity index (χ1v) is 11.5. The molecule has 0 saturated carbocycles. The molecular weight excluding hydrogens is 442 g/mol. The van der Waals surface area contributed by atoms with E-state index in [-0.39, 0.29) is 16.7 Å². The van der Waals surface area contributed by atoms with E-state index in [9.17, 15) is 9.90 Å². The van der Waals surface area contributed by atoms with Crippen LogP contribution < -0.4 is 15.4 Å². The number of hydrogen-bond acceptors (Lipinski definition) is 6. The lowest BCUT2D eigenvalue weighted by Crippen LogP contribution is -2.31. The Morgan fingerprint density at radius 1 is 1.36 bits per heavy atom. The maximum Gasteiger partial charge on any atom is 0.255 e. The predicted octanol–water partition coefficient (Wildman–Crippen LogP) is 3.94. The van der Waals surface area contributed by atoms with Crippen LogP contribution >= 0.6 is 11.6 Å². The van der Waals surface area contributed by atoms with Crippen molar-refractivity contribution in [2.75, 3.05) is 32.1 Å². The summed E-state index contributed by atoms with van der Waals surface area (Å²) in [6.45, 7) is 2.19. The van der Waals surface area contributed by atoms with Gasteiger partial charge in [-0.2, -0.15) is 0 Å². The zero-order valence-corrected chi connectivity index (χ0v) is 19.1. The molecule has 5 rings (SSSR count). The van der Waals surface area contributed by atoms with Crippen LogP contribution in [0.15, 0.2) is 36.7 Å². The number of nitrogens with zero attached hydrogens (tertiary/aromatic N) is 2. The molecule has 3 aromatic rings. The fourth-order valence-electron chi connectivity index (χ4n) is 4.53. The third kappa shape index (κ3) is 4.12. The summed E-state index contributed by atoms with van der Waals surface area (Å²) in [5, 5.41) is 16.8. The van der Waals surface area contributed by atoms with Gasteiger partial charge in [0, 0.05) is 36.5 Å². The number of amides is 1. The van der Waals surface area contributed by atoms with Gasteiger partial charge in [-0.05, 0) is 44.6 Å². The fraction of sp³-hybridized carbons (Fsp3) is 0.333. The molecule has 0 unspecified atom stereocenters. The molecule has 1 amide bonds. The molecule has 4 N–H and O–H groups in total. The molecule has 1 saturated heterocycles. The van der Waals surface area contributed by atoms with Gasteiger partial charge in [0.05, 0.1) is 33.9 Å². The molecule has 0 radical (unpaired) electrons. The van der Waals surface area contributed by atoms with Crippen LogP contribution in [-0.4, -0.2) is 58.7 Å². The number of pyridine rings is 1. The molecule has 2 aliphatic rings. The number of aromatic nitrogens is 2. The van der Waals surface area contributed by atoms with Crippen LogP contribution in [0.3, 0.4) is 0 Å². The number of aromatic hydroxyl groups is 1. The molecule has 9 heteroatoms. The molecule has 1 atom stereocenters. The van der Waals surface area contributed by atoms with Crippen LogP contribution in [0, 0.1) is 0 Å². The highest BCUT2D eigenvalue weighted by Gasteiger charge is 2.29. The quantitative estimate of drug-likeness (QED) is 0.409. The highest BCUT2D eigenvalue weighted by atomic mass is 35.5. The van der Waals surface area contributed by atoms with Crippen molar-refractivity contribution in [1.82, 2.24) is 20.2 Å². The Morgan fingerprint density at radius 2 is 2.24 bits per heavy atom. The van der Waals surface area contributed by atoms with Crippen molar-refractivity contribution in [3.05, 3.63) is 52.9 Å². The molecular formula is C24H26ClN5O3. The largest absolute Gasteiger partial charge is 0.504 e. The second-order valence-electron chi connectivity index (χ2n) is 8.45. The topological polar surface area (TPSA) is 103 Å². The second kappa shape index (κ2) is 8.96. The summed E-state index contributed by atoms with van der Waals surface area (Å²) in [7, 11) is 2.11. The lowest BCUT2D eigenvalue weighted by molar-refractivity contribution is 0.0947. The van der Waals surface area contributed by atoms with Crippen LogP contribution in [-0.2, 0) is 6.42 Å². The number of anilines is 2. The van der Waals surface area contributed by atoms with E-state index < -0.39 is 0 Å². The van der Waals surface area contributed by atoms with Crippen molar-refractivity contribution in [3.63, 3.8) is 0 Å². The number of para-hydroxylation sites is 1. The number of ether oxygens (including phenoxy) is 1. The van der Waals surface area contributed by atoms with Gasteiger partial charge in [0.25, 0.3) is 5.91 Å². The summed E-state index contributed by atoms with van der Waals surface area (Å²) in [6, 6.07) is 7.29. The number of likely N-dealkylation sites (tertiary alicyclic amines) is 1. The van der Waals surface area contributed by atoms with E-state index in [0.717, 1.165) is 24.2 Å². The van der Waals surface area contributed by atoms with Gasteiger partial charge in [0.2, 0.25) is 0 Å². The van der Waals surface area contributed by atoms with Crippen LogP contribution in [0.5, 0.6) is 11.5 Å². The van der Waals surface area contributed by atoms with Gasteiger partial charge in [0.1, 0.15) is 12.4 Å². The molecule has 0 bridgehead atoms. The summed E-state index contributed by atoms with van der Waals surface area (Å²) >= 11 is 6.11. The number of likely N-dealkylation sites (N-methyl/N-ethyl adjacent to an activating group) is 1. The molecule has 0 spiro atoms. The average molecular weight is 468 g/mol. The van der Waals surface area contributed by atoms with Crippen molar-refractivity contribution in [2.24, 2.45) is 0 Å². The first kappa shape index (κ1) is 21.6. The second-order valence-corrected chi connectivity index (χ2v) is 8.86. The molecule has 8 nitrogen and oxygen atoms in total. The van der Waals surface area contributed by atoms with E-state index in [2.05, 4.69) is 32.5 Å². The van der Waals surface area contributed by atoms with Gasteiger partial charge in [0.15, 0.2) is 5.75 Å². The lowest BCUT2D eigenvalue weighted by atomic mass is 10.0. The number of aromatic amines is 1. The van der Waals surface area contributed by atoms with E-state index in [1.165, 1.54) is 6.42 Å². The fourth-order valence-corrected chi connectivity index (χ4v) is 4.71. The molecule has 4 heterocycles. The number of benzene rings is 1. The smallest absolute Gasteiger partial charge is 0.255 e. The Labute approximate surface area is 196 Å². The number of phenols is 1. The Bertz CT molecular complexity index is 1190. The normalized spacial score (nSPS) is 18.1. The van der Waals surface area contributed by atoms with Gasteiger partial charge in [-0.15, -0.1) is 0 Å². The zero-order valence-electron chi connectivity index (χ0n) is 18.3. The van der Waals surface area contributed by atoms with Gasteiger partial charge >= 0.3 is 0 Å². The van der Waals surface area contributed by atoms with Crippen molar-refractivity contribution < 1.29 is 14.6 Å². The first-order chi connectivity index (χ1) is 16.0. The zero-order chi connectivity index (χ0) is 22.9. The Balaban J connectivity index is 1.56. The van der Waals surface area contributed by atoms with Crippen LogP contribution in [0.4, 0.5) is 11.4 Å². The number of rotatable bonds is 6. The molecule has 2 aliphatic heterocycles. The van der Waals surface area contributed by atoms with Gasteiger partial charge in [-0.25, -0.2) is 0 Å². The van der Waals surface area contributed by atoms with Crippen molar-refractivity contribution in [1.29, 1.82) is 0 Å². The minimum atomic E-state index is -0.174. The van der Waals surface area contributed by atoms with Crippen molar-refractivity contribution in [2.45, 2.75) is 25.3 Å². The van der Waals surface area contributed by atoms with E-state index in [1.54, 1.807) is 30.6 Å². The van der Waals surface area contributed by atoms with E-state index in [0.29, 0.717) is 54.0 Å². The minimum absolute atomic E-state index is 0.0771. The predicted molar refractivity (Wildman–Crippen MR) is 128 cm³/mol.